The van der Waals surface area contributed by atoms with E-state index in [4.69, 9.17) is 0 Å². The molecule has 3 aromatic rings. The Balaban J connectivity index is 1.34. The van der Waals surface area contributed by atoms with Crippen molar-refractivity contribution in [3.8, 4) is 5.69 Å². The Morgan fingerprint density at radius 1 is 1.00 bits per heavy atom. The molecule has 1 aliphatic heterocycles. The number of amides is 1. The largest absolute Gasteiger partial charge is 0.339 e. The second kappa shape index (κ2) is 8.16. The van der Waals surface area contributed by atoms with Gasteiger partial charge in [-0.2, -0.15) is 4.68 Å². The molecule has 1 fully saturated rings. The first kappa shape index (κ1) is 18.1. The molecule has 0 N–H and O–H groups in total. The first-order chi connectivity index (χ1) is 13.7. The zero-order chi connectivity index (χ0) is 19.3. The van der Waals surface area contributed by atoms with Crippen LogP contribution >= 0.6 is 0 Å². The van der Waals surface area contributed by atoms with Gasteiger partial charge < -0.3 is 9.80 Å². The summed E-state index contributed by atoms with van der Waals surface area (Å²) < 4.78 is 15.0. The number of hydrogen-bond donors (Lipinski definition) is 0. The Hall–Kier alpha value is -3.29. The fourth-order valence-corrected chi connectivity index (χ4v) is 3.37. The number of hydrogen-bond acceptors (Lipinski definition) is 5. The van der Waals surface area contributed by atoms with Crippen LogP contribution in [0.1, 0.15) is 12.0 Å². The monoisotopic (exact) mass is 380 g/mol. The van der Waals surface area contributed by atoms with E-state index in [1.165, 1.54) is 12.1 Å². The highest BCUT2D eigenvalue weighted by Crippen LogP contribution is 2.17. The van der Waals surface area contributed by atoms with E-state index >= 15 is 0 Å². The van der Waals surface area contributed by atoms with Crippen LogP contribution in [0.2, 0.25) is 0 Å². The van der Waals surface area contributed by atoms with Gasteiger partial charge in [0.15, 0.2) is 0 Å². The van der Waals surface area contributed by atoms with Crippen LogP contribution < -0.4 is 4.90 Å². The Kier molecular flexibility index (Phi) is 5.27. The number of aromatic nitrogens is 4. The van der Waals surface area contributed by atoms with Gasteiger partial charge in [-0.3, -0.25) is 4.79 Å². The highest BCUT2D eigenvalue weighted by atomic mass is 19.1. The maximum atomic E-state index is 13.3. The molecular formula is C20H21FN6O. The molecule has 1 aromatic heterocycles. The summed E-state index contributed by atoms with van der Waals surface area (Å²) in [5, 5.41) is 12.1. The van der Waals surface area contributed by atoms with Gasteiger partial charge in [-0.05, 0) is 46.7 Å². The number of carbonyl (C=O) groups excluding carboxylic acids is 1. The first-order valence-corrected chi connectivity index (χ1v) is 9.32. The van der Waals surface area contributed by atoms with Crippen molar-refractivity contribution in [3.63, 3.8) is 0 Å². The molecule has 2 aromatic carbocycles. The van der Waals surface area contributed by atoms with Crippen molar-refractivity contribution in [1.29, 1.82) is 0 Å². The van der Waals surface area contributed by atoms with E-state index in [1.807, 2.05) is 41.3 Å². The maximum absolute atomic E-state index is 13.3. The van der Waals surface area contributed by atoms with E-state index < -0.39 is 0 Å². The summed E-state index contributed by atoms with van der Waals surface area (Å²) in [6, 6.07) is 16.1. The number of carbonyl (C=O) groups is 1. The normalized spacial score (nSPS) is 14.3. The third-order valence-electron chi connectivity index (χ3n) is 4.89. The summed E-state index contributed by atoms with van der Waals surface area (Å²) in [6.07, 6.45) is 0.925. The number of rotatable bonds is 5. The molecule has 1 saturated heterocycles. The van der Waals surface area contributed by atoms with Gasteiger partial charge in [0.2, 0.25) is 11.9 Å². The van der Waals surface area contributed by atoms with Crippen LogP contribution in [0.15, 0.2) is 54.6 Å². The lowest BCUT2D eigenvalue weighted by Crippen LogP contribution is -2.49. The molecule has 0 unspecified atom stereocenters. The van der Waals surface area contributed by atoms with Crippen LogP contribution in [0.5, 0.6) is 0 Å². The standard InChI is InChI=1S/C20H21FN6O/c21-17-6-4-5-16(15-17)9-10-19(28)25-11-13-26(14-12-25)20-22-23-24-27(20)18-7-2-1-3-8-18/h1-8,15H,9-14H2. The van der Waals surface area contributed by atoms with Gasteiger partial charge in [-0.1, -0.05) is 35.4 Å². The van der Waals surface area contributed by atoms with Crippen molar-refractivity contribution in [1.82, 2.24) is 25.1 Å². The molecule has 2 heterocycles. The predicted molar refractivity (Wildman–Crippen MR) is 103 cm³/mol. The third kappa shape index (κ3) is 4.00. The minimum atomic E-state index is -0.269. The molecular weight excluding hydrogens is 359 g/mol. The number of aryl methyl sites for hydroxylation is 1. The average molecular weight is 380 g/mol. The van der Waals surface area contributed by atoms with E-state index in [0.717, 1.165) is 11.3 Å². The highest BCUT2D eigenvalue weighted by molar-refractivity contribution is 5.76. The van der Waals surface area contributed by atoms with Crippen LogP contribution in [0.4, 0.5) is 10.3 Å². The second-order valence-corrected chi connectivity index (χ2v) is 6.72. The molecule has 1 aliphatic rings. The zero-order valence-electron chi connectivity index (χ0n) is 15.4. The van der Waals surface area contributed by atoms with Crippen molar-refractivity contribution in [3.05, 3.63) is 66.0 Å². The topological polar surface area (TPSA) is 67.2 Å². The molecule has 0 saturated carbocycles. The van der Waals surface area contributed by atoms with E-state index in [1.54, 1.807) is 10.7 Å². The molecule has 144 valence electrons. The highest BCUT2D eigenvalue weighted by Gasteiger charge is 2.24. The first-order valence-electron chi connectivity index (χ1n) is 9.32. The van der Waals surface area contributed by atoms with E-state index in [2.05, 4.69) is 20.4 Å². The van der Waals surface area contributed by atoms with Crippen LogP contribution in [0, 0.1) is 5.82 Å². The minimum Gasteiger partial charge on any atom is -0.339 e. The van der Waals surface area contributed by atoms with Crippen molar-refractivity contribution >= 4 is 11.9 Å². The molecule has 7 nitrogen and oxygen atoms in total. The quantitative estimate of drug-likeness (QED) is 0.678. The number of para-hydroxylation sites is 1. The molecule has 0 aliphatic carbocycles. The van der Waals surface area contributed by atoms with Crippen molar-refractivity contribution in [2.45, 2.75) is 12.8 Å². The smallest absolute Gasteiger partial charge is 0.250 e. The fourth-order valence-electron chi connectivity index (χ4n) is 3.37. The van der Waals surface area contributed by atoms with E-state index in [0.29, 0.717) is 45.0 Å². The fraction of sp³-hybridized carbons (Fsp3) is 0.300. The van der Waals surface area contributed by atoms with Crippen molar-refractivity contribution in [2.75, 3.05) is 31.1 Å². The number of nitrogens with zero attached hydrogens (tertiary/aromatic N) is 6. The van der Waals surface area contributed by atoms with Gasteiger partial charge in [0.25, 0.3) is 0 Å². The summed E-state index contributed by atoms with van der Waals surface area (Å²) in [5.74, 6) is 0.499. The Labute approximate surface area is 162 Å². The molecule has 0 spiro atoms. The predicted octanol–water partition coefficient (Wildman–Crippen LogP) is 2.08. The van der Waals surface area contributed by atoms with Crippen molar-refractivity contribution in [2.24, 2.45) is 0 Å². The lowest BCUT2D eigenvalue weighted by molar-refractivity contribution is -0.131. The van der Waals surface area contributed by atoms with Gasteiger partial charge >= 0.3 is 0 Å². The lowest BCUT2D eigenvalue weighted by atomic mass is 10.1. The SMILES string of the molecule is O=C(CCc1cccc(F)c1)N1CCN(c2nnnn2-c2ccccc2)CC1. The summed E-state index contributed by atoms with van der Waals surface area (Å²) in [4.78, 5) is 16.4. The molecule has 0 atom stereocenters. The van der Waals surface area contributed by atoms with E-state index in [-0.39, 0.29) is 11.7 Å². The molecule has 0 radical (unpaired) electrons. The summed E-state index contributed by atoms with van der Waals surface area (Å²) >= 11 is 0. The van der Waals surface area contributed by atoms with Gasteiger partial charge in [-0.15, -0.1) is 0 Å². The summed E-state index contributed by atoms with van der Waals surface area (Å²) in [5.41, 5.74) is 1.74. The van der Waals surface area contributed by atoms with Crippen LogP contribution in [0.3, 0.4) is 0 Å². The number of tetrazole rings is 1. The summed E-state index contributed by atoms with van der Waals surface area (Å²) in [7, 11) is 0. The molecule has 8 heteroatoms. The molecule has 28 heavy (non-hydrogen) atoms. The third-order valence-corrected chi connectivity index (χ3v) is 4.89. The zero-order valence-corrected chi connectivity index (χ0v) is 15.4. The molecule has 1 amide bonds. The van der Waals surface area contributed by atoms with Gasteiger partial charge in [0, 0.05) is 32.6 Å². The summed E-state index contributed by atoms with van der Waals surface area (Å²) in [6.45, 7) is 2.56. The molecule has 4 rings (SSSR count). The van der Waals surface area contributed by atoms with Crippen LogP contribution in [0.25, 0.3) is 5.69 Å². The van der Waals surface area contributed by atoms with Crippen LogP contribution in [-0.2, 0) is 11.2 Å². The number of benzene rings is 2. The maximum Gasteiger partial charge on any atom is 0.250 e. The average Bonchev–Trinajstić information content (AvgIpc) is 3.23. The van der Waals surface area contributed by atoms with Gasteiger partial charge in [0.1, 0.15) is 5.82 Å². The number of anilines is 1. The number of piperazine rings is 1. The van der Waals surface area contributed by atoms with Crippen LogP contribution in [-0.4, -0.2) is 57.2 Å². The minimum absolute atomic E-state index is 0.0894. The Morgan fingerprint density at radius 2 is 1.79 bits per heavy atom. The lowest BCUT2D eigenvalue weighted by Gasteiger charge is -2.34. The van der Waals surface area contributed by atoms with Gasteiger partial charge in [0.05, 0.1) is 5.69 Å². The van der Waals surface area contributed by atoms with Crippen molar-refractivity contribution < 1.29 is 9.18 Å². The van der Waals surface area contributed by atoms with Gasteiger partial charge in [-0.25, -0.2) is 4.39 Å². The number of halogens is 1. The Bertz CT molecular complexity index is 937. The Morgan fingerprint density at radius 3 is 2.54 bits per heavy atom. The van der Waals surface area contributed by atoms with E-state index in [9.17, 15) is 9.18 Å². The molecule has 0 bridgehead atoms. The second-order valence-electron chi connectivity index (χ2n) is 6.72.